The van der Waals surface area contributed by atoms with Gasteiger partial charge in [0.25, 0.3) is 0 Å². The van der Waals surface area contributed by atoms with Crippen molar-refractivity contribution in [1.82, 2.24) is 9.78 Å². The summed E-state index contributed by atoms with van der Waals surface area (Å²) in [5.41, 5.74) is 5.08. The number of rotatable bonds is 6. The van der Waals surface area contributed by atoms with Crippen LogP contribution in [0, 0.1) is 25.2 Å². The van der Waals surface area contributed by atoms with Gasteiger partial charge in [-0.25, -0.2) is 4.68 Å². The van der Waals surface area contributed by atoms with Gasteiger partial charge in [0.2, 0.25) is 0 Å². The molecule has 0 aliphatic rings. The Morgan fingerprint density at radius 1 is 1.08 bits per heavy atom. The largest absolute Gasteiger partial charge is 0.487 e. The van der Waals surface area contributed by atoms with E-state index in [1.165, 1.54) is 5.56 Å². The molecule has 2 aromatic carbocycles. The van der Waals surface area contributed by atoms with Gasteiger partial charge in [-0.1, -0.05) is 29.8 Å². The fourth-order valence-electron chi connectivity index (χ4n) is 2.79. The number of aryl methyl sites for hydroxylation is 2. The maximum Gasteiger partial charge on any atom is 0.132 e. The van der Waals surface area contributed by atoms with E-state index < -0.39 is 0 Å². The molecule has 0 aliphatic carbocycles. The molecule has 0 saturated heterocycles. The highest BCUT2D eigenvalue weighted by atomic mass is 16.5. The molecule has 0 aliphatic heterocycles. The molecule has 0 saturated carbocycles. The lowest BCUT2D eigenvalue weighted by molar-refractivity contribution is 0.295. The quantitative estimate of drug-likeness (QED) is 0.741. The van der Waals surface area contributed by atoms with Crippen LogP contribution in [0.2, 0.25) is 0 Å². The molecule has 3 aromatic rings. The minimum absolute atomic E-state index is 0.126. The van der Waals surface area contributed by atoms with E-state index in [2.05, 4.69) is 11.2 Å². The van der Waals surface area contributed by atoms with Gasteiger partial charge in [-0.3, -0.25) is 0 Å². The predicted octanol–water partition coefficient (Wildman–Crippen LogP) is 3.47. The molecular formula is C21H21N3O2. The van der Waals surface area contributed by atoms with Crippen molar-refractivity contribution in [1.29, 1.82) is 5.26 Å². The van der Waals surface area contributed by atoms with Crippen LogP contribution in [0.4, 0.5) is 0 Å². The smallest absolute Gasteiger partial charge is 0.132 e. The Balaban J connectivity index is 1.86. The average Bonchev–Trinajstić information content (AvgIpc) is 2.97. The second-order valence-corrected chi connectivity index (χ2v) is 6.17. The van der Waals surface area contributed by atoms with Crippen molar-refractivity contribution >= 4 is 0 Å². The van der Waals surface area contributed by atoms with Gasteiger partial charge < -0.3 is 9.84 Å². The second kappa shape index (κ2) is 7.85. The van der Waals surface area contributed by atoms with Crippen LogP contribution in [0.5, 0.6) is 5.75 Å². The first-order valence-corrected chi connectivity index (χ1v) is 8.50. The Morgan fingerprint density at radius 3 is 2.38 bits per heavy atom. The first-order valence-electron chi connectivity index (χ1n) is 8.50. The van der Waals surface area contributed by atoms with Crippen LogP contribution in [-0.2, 0) is 13.0 Å². The summed E-state index contributed by atoms with van der Waals surface area (Å²) in [6, 6.07) is 17.8. The SMILES string of the molecule is Cc1ccc(-n2nc(C)c(C#N)c2COc2ccc(CCO)cc2)cc1. The number of nitrogens with zero attached hydrogens (tertiary/aromatic N) is 3. The van der Waals surface area contributed by atoms with E-state index >= 15 is 0 Å². The van der Waals surface area contributed by atoms with E-state index in [4.69, 9.17) is 9.84 Å². The third kappa shape index (κ3) is 3.76. The molecule has 0 fully saturated rings. The second-order valence-electron chi connectivity index (χ2n) is 6.17. The molecule has 0 amide bonds. The third-order valence-corrected chi connectivity index (χ3v) is 4.25. The van der Waals surface area contributed by atoms with Crippen LogP contribution >= 0.6 is 0 Å². The van der Waals surface area contributed by atoms with Gasteiger partial charge in [0.05, 0.1) is 17.1 Å². The number of benzene rings is 2. The normalized spacial score (nSPS) is 10.5. The van der Waals surface area contributed by atoms with Gasteiger partial charge in [0, 0.05) is 6.61 Å². The van der Waals surface area contributed by atoms with Gasteiger partial charge in [-0.05, 0) is 50.1 Å². The van der Waals surface area contributed by atoms with Crippen molar-refractivity contribution in [2.75, 3.05) is 6.61 Å². The molecule has 5 heteroatoms. The monoisotopic (exact) mass is 347 g/mol. The fourth-order valence-corrected chi connectivity index (χ4v) is 2.79. The Labute approximate surface area is 153 Å². The Morgan fingerprint density at radius 2 is 1.77 bits per heavy atom. The van der Waals surface area contributed by atoms with E-state index in [0.717, 1.165) is 16.9 Å². The number of aromatic nitrogens is 2. The van der Waals surface area contributed by atoms with Gasteiger partial charge >= 0.3 is 0 Å². The van der Waals surface area contributed by atoms with Gasteiger partial charge in [0.1, 0.15) is 24.0 Å². The highest BCUT2D eigenvalue weighted by molar-refractivity contribution is 5.44. The number of ether oxygens (including phenoxy) is 1. The van der Waals surface area contributed by atoms with Crippen LogP contribution in [-0.4, -0.2) is 21.5 Å². The Kier molecular flexibility index (Phi) is 5.35. The molecule has 0 unspecified atom stereocenters. The van der Waals surface area contributed by atoms with E-state index in [1.807, 2.05) is 62.4 Å². The Hall–Kier alpha value is -3.10. The number of nitriles is 1. The molecule has 0 radical (unpaired) electrons. The van der Waals surface area contributed by atoms with E-state index in [-0.39, 0.29) is 13.2 Å². The lowest BCUT2D eigenvalue weighted by atomic mass is 10.1. The molecule has 1 aromatic heterocycles. The summed E-state index contributed by atoms with van der Waals surface area (Å²) in [7, 11) is 0. The summed E-state index contributed by atoms with van der Waals surface area (Å²) in [5.74, 6) is 0.713. The van der Waals surface area contributed by atoms with Crippen molar-refractivity contribution in [3.05, 3.63) is 76.6 Å². The molecule has 1 heterocycles. The number of hydrogen-bond donors (Lipinski definition) is 1. The van der Waals surface area contributed by atoms with Crippen molar-refractivity contribution in [3.8, 4) is 17.5 Å². The average molecular weight is 347 g/mol. The summed E-state index contributed by atoms with van der Waals surface area (Å²) < 4.78 is 7.66. The highest BCUT2D eigenvalue weighted by Crippen LogP contribution is 2.21. The predicted molar refractivity (Wildman–Crippen MR) is 99.3 cm³/mol. The summed E-state index contributed by atoms with van der Waals surface area (Å²) in [6.45, 7) is 4.23. The first kappa shape index (κ1) is 17.7. The zero-order valence-electron chi connectivity index (χ0n) is 14.9. The first-order chi connectivity index (χ1) is 12.6. The summed E-state index contributed by atoms with van der Waals surface area (Å²) >= 11 is 0. The van der Waals surface area contributed by atoms with Crippen LogP contribution in [0.25, 0.3) is 5.69 Å². The van der Waals surface area contributed by atoms with Crippen molar-refractivity contribution < 1.29 is 9.84 Å². The lowest BCUT2D eigenvalue weighted by Crippen LogP contribution is -2.07. The van der Waals surface area contributed by atoms with Gasteiger partial charge in [-0.15, -0.1) is 0 Å². The lowest BCUT2D eigenvalue weighted by Gasteiger charge is -2.10. The van der Waals surface area contributed by atoms with E-state index in [9.17, 15) is 5.26 Å². The maximum absolute atomic E-state index is 9.51. The van der Waals surface area contributed by atoms with Crippen LogP contribution in [0.15, 0.2) is 48.5 Å². The summed E-state index contributed by atoms with van der Waals surface area (Å²) in [6.07, 6.45) is 0.623. The third-order valence-electron chi connectivity index (χ3n) is 4.25. The molecule has 26 heavy (non-hydrogen) atoms. The van der Waals surface area contributed by atoms with Gasteiger partial charge in [0.15, 0.2) is 0 Å². The minimum atomic E-state index is 0.126. The van der Waals surface area contributed by atoms with Crippen molar-refractivity contribution in [2.45, 2.75) is 26.9 Å². The van der Waals surface area contributed by atoms with Crippen LogP contribution in [0.1, 0.15) is 28.1 Å². The van der Waals surface area contributed by atoms with Crippen molar-refractivity contribution in [2.24, 2.45) is 0 Å². The number of aliphatic hydroxyl groups excluding tert-OH is 1. The molecule has 0 spiro atoms. The van der Waals surface area contributed by atoms with E-state index in [1.54, 1.807) is 4.68 Å². The topological polar surface area (TPSA) is 71.1 Å². The van der Waals surface area contributed by atoms with Crippen LogP contribution < -0.4 is 4.74 Å². The maximum atomic E-state index is 9.51. The standard InChI is InChI=1S/C21H21N3O2/c1-15-3-7-18(8-4-15)24-21(20(13-22)16(2)23-24)14-26-19-9-5-17(6-10-19)11-12-25/h3-10,25H,11-12,14H2,1-2H3. The van der Waals surface area contributed by atoms with Gasteiger partial charge in [-0.2, -0.15) is 10.4 Å². The fraction of sp³-hybridized carbons (Fsp3) is 0.238. The molecule has 5 nitrogen and oxygen atoms in total. The molecule has 0 bridgehead atoms. The zero-order chi connectivity index (χ0) is 18.5. The summed E-state index contributed by atoms with van der Waals surface area (Å²) in [5, 5.41) is 23.0. The van der Waals surface area contributed by atoms with E-state index in [0.29, 0.717) is 23.4 Å². The summed E-state index contributed by atoms with van der Waals surface area (Å²) in [4.78, 5) is 0. The molecular weight excluding hydrogens is 326 g/mol. The Bertz CT molecular complexity index is 920. The number of aliphatic hydroxyl groups is 1. The molecule has 132 valence electrons. The highest BCUT2D eigenvalue weighted by Gasteiger charge is 2.17. The van der Waals surface area contributed by atoms with Crippen molar-refractivity contribution in [3.63, 3.8) is 0 Å². The van der Waals surface area contributed by atoms with Crippen LogP contribution in [0.3, 0.4) is 0 Å². The molecule has 0 atom stereocenters. The molecule has 3 rings (SSSR count). The minimum Gasteiger partial charge on any atom is -0.487 e. The molecule has 1 N–H and O–H groups in total. The zero-order valence-corrected chi connectivity index (χ0v) is 14.9. The number of hydrogen-bond acceptors (Lipinski definition) is 4.